The number of carbonyl (C=O) groups is 1. The zero-order valence-electron chi connectivity index (χ0n) is 12.8. The van der Waals surface area contributed by atoms with Crippen LogP contribution in [0.4, 0.5) is 0 Å². The van der Waals surface area contributed by atoms with Gasteiger partial charge in [0.1, 0.15) is 11.5 Å². The van der Waals surface area contributed by atoms with E-state index in [4.69, 9.17) is 9.15 Å². The van der Waals surface area contributed by atoms with Gasteiger partial charge in [0.25, 0.3) is 5.91 Å². The van der Waals surface area contributed by atoms with Crippen molar-refractivity contribution in [2.24, 2.45) is 0 Å². The number of likely N-dealkylation sites (N-methyl/N-ethyl adjacent to an activating group) is 1. The van der Waals surface area contributed by atoms with Crippen molar-refractivity contribution < 1.29 is 13.9 Å². The topological polar surface area (TPSA) is 87.6 Å². The number of H-pyrrole nitrogens is 1. The first-order chi connectivity index (χ1) is 10.5. The van der Waals surface area contributed by atoms with Crippen LogP contribution in [-0.2, 0) is 0 Å². The van der Waals surface area contributed by atoms with Gasteiger partial charge in [-0.1, -0.05) is 0 Å². The van der Waals surface area contributed by atoms with Gasteiger partial charge < -0.3 is 19.5 Å². The molecule has 0 saturated heterocycles. The minimum atomic E-state index is -0.363. The molecule has 1 atom stereocenters. The Morgan fingerprint density at radius 3 is 2.82 bits per heavy atom. The van der Waals surface area contributed by atoms with E-state index in [2.05, 4.69) is 10.3 Å². The van der Waals surface area contributed by atoms with Gasteiger partial charge in [-0.15, -0.1) is 0 Å². The summed E-state index contributed by atoms with van der Waals surface area (Å²) in [4.78, 5) is 28.5. The number of ether oxygens (including phenoxy) is 1. The molecule has 1 amide bonds. The molecule has 22 heavy (non-hydrogen) atoms. The number of aromatic amines is 1. The van der Waals surface area contributed by atoms with Crippen molar-refractivity contribution in [1.29, 1.82) is 0 Å². The normalized spacial score (nSPS) is 12.2. The molecule has 0 aliphatic rings. The van der Waals surface area contributed by atoms with Crippen molar-refractivity contribution in [3.8, 4) is 5.75 Å². The number of hydrogen-bond acceptors (Lipinski definition) is 5. The van der Waals surface area contributed by atoms with Crippen LogP contribution in [-0.4, -0.2) is 43.5 Å². The van der Waals surface area contributed by atoms with Crippen LogP contribution in [0.3, 0.4) is 0 Å². The van der Waals surface area contributed by atoms with Gasteiger partial charge in [0.2, 0.25) is 5.43 Å². The van der Waals surface area contributed by atoms with Crippen LogP contribution in [0.25, 0.3) is 0 Å². The van der Waals surface area contributed by atoms with E-state index in [9.17, 15) is 9.59 Å². The third kappa shape index (κ3) is 3.56. The number of furan rings is 1. The fourth-order valence-corrected chi connectivity index (χ4v) is 2.05. The summed E-state index contributed by atoms with van der Waals surface area (Å²) >= 11 is 0. The number of methoxy groups -OCH3 is 1. The van der Waals surface area contributed by atoms with Crippen LogP contribution in [0.1, 0.15) is 22.3 Å². The monoisotopic (exact) mass is 305 g/mol. The highest BCUT2D eigenvalue weighted by Crippen LogP contribution is 2.17. The second kappa shape index (κ2) is 6.95. The molecule has 0 fully saturated rings. The lowest BCUT2D eigenvalue weighted by atomic mass is 10.2. The second-order valence-corrected chi connectivity index (χ2v) is 4.98. The molecule has 0 aliphatic heterocycles. The number of amides is 1. The van der Waals surface area contributed by atoms with Crippen molar-refractivity contribution >= 4 is 5.91 Å². The smallest absolute Gasteiger partial charge is 0.267 e. The van der Waals surface area contributed by atoms with Crippen LogP contribution >= 0.6 is 0 Å². The summed E-state index contributed by atoms with van der Waals surface area (Å²) in [6.07, 6.45) is 2.96. The first-order valence-electron chi connectivity index (χ1n) is 6.77. The summed E-state index contributed by atoms with van der Waals surface area (Å²) in [5.41, 5.74) is -0.163. The zero-order valence-corrected chi connectivity index (χ0v) is 12.8. The number of aromatic nitrogens is 1. The molecule has 0 spiro atoms. The third-order valence-corrected chi connectivity index (χ3v) is 3.29. The lowest BCUT2D eigenvalue weighted by Gasteiger charge is -2.22. The van der Waals surface area contributed by atoms with Crippen molar-refractivity contribution in [2.45, 2.75) is 6.04 Å². The molecule has 0 bridgehead atoms. The second-order valence-electron chi connectivity index (χ2n) is 4.98. The fourth-order valence-electron chi connectivity index (χ4n) is 2.05. The van der Waals surface area contributed by atoms with E-state index < -0.39 is 0 Å². The molecule has 118 valence electrons. The van der Waals surface area contributed by atoms with Crippen molar-refractivity contribution in [3.63, 3.8) is 0 Å². The van der Waals surface area contributed by atoms with E-state index in [-0.39, 0.29) is 28.8 Å². The molecule has 2 rings (SSSR count). The van der Waals surface area contributed by atoms with Crippen molar-refractivity contribution in [2.75, 3.05) is 27.7 Å². The molecule has 7 heteroatoms. The summed E-state index contributed by atoms with van der Waals surface area (Å²) < 4.78 is 10.2. The van der Waals surface area contributed by atoms with Gasteiger partial charge in [-0.3, -0.25) is 14.5 Å². The van der Waals surface area contributed by atoms with E-state index in [1.54, 1.807) is 12.3 Å². The average molecular weight is 305 g/mol. The molecular weight excluding hydrogens is 286 g/mol. The summed E-state index contributed by atoms with van der Waals surface area (Å²) in [6.45, 7) is 0.355. The Kier molecular flexibility index (Phi) is 5.00. The Morgan fingerprint density at radius 1 is 1.50 bits per heavy atom. The highest BCUT2D eigenvalue weighted by atomic mass is 16.5. The predicted octanol–water partition coefficient (Wildman–Crippen LogP) is 1.01. The average Bonchev–Trinajstić information content (AvgIpc) is 3.00. The first-order valence-corrected chi connectivity index (χ1v) is 6.77. The fraction of sp³-hybridized carbons (Fsp3) is 0.333. The Balaban J connectivity index is 2.05. The zero-order chi connectivity index (χ0) is 16.1. The number of hydrogen-bond donors (Lipinski definition) is 2. The van der Waals surface area contributed by atoms with Gasteiger partial charge in [0, 0.05) is 18.8 Å². The van der Waals surface area contributed by atoms with Crippen LogP contribution in [0.15, 0.2) is 39.9 Å². The van der Waals surface area contributed by atoms with Crippen molar-refractivity contribution in [3.05, 3.63) is 52.3 Å². The summed E-state index contributed by atoms with van der Waals surface area (Å²) in [7, 11) is 5.19. The molecule has 0 aliphatic carbocycles. The van der Waals surface area contributed by atoms with E-state index in [0.717, 1.165) is 5.76 Å². The summed E-state index contributed by atoms with van der Waals surface area (Å²) in [6, 6.07) is 4.77. The van der Waals surface area contributed by atoms with Crippen LogP contribution in [0.2, 0.25) is 0 Å². The third-order valence-electron chi connectivity index (χ3n) is 3.29. The minimum absolute atomic E-state index is 0.0936. The maximum atomic E-state index is 12.1. The molecule has 7 nitrogen and oxygen atoms in total. The molecule has 2 heterocycles. The highest BCUT2D eigenvalue weighted by Gasteiger charge is 2.18. The van der Waals surface area contributed by atoms with Gasteiger partial charge in [-0.05, 0) is 26.2 Å². The first kappa shape index (κ1) is 15.8. The van der Waals surface area contributed by atoms with Crippen LogP contribution in [0.5, 0.6) is 5.75 Å². The number of nitrogens with zero attached hydrogens (tertiary/aromatic N) is 1. The van der Waals surface area contributed by atoms with E-state index in [1.807, 2.05) is 25.1 Å². The number of carbonyl (C=O) groups excluding carboxylic acids is 1. The van der Waals surface area contributed by atoms with Gasteiger partial charge >= 0.3 is 0 Å². The number of rotatable bonds is 6. The summed E-state index contributed by atoms with van der Waals surface area (Å²) in [5.74, 6) is 0.560. The molecule has 2 aromatic rings. The molecule has 2 aromatic heterocycles. The summed E-state index contributed by atoms with van der Waals surface area (Å²) in [5, 5.41) is 2.78. The Morgan fingerprint density at radius 2 is 2.27 bits per heavy atom. The Bertz CT molecular complexity index is 676. The molecule has 2 N–H and O–H groups in total. The maximum absolute atomic E-state index is 12.1. The molecule has 0 aromatic carbocycles. The molecule has 0 saturated carbocycles. The van der Waals surface area contributed by atoms with Gasteiger partial charge in [-0.25, -0.2) is 0 Å². The lowest BCUT2D eigenvalue weighted by Crippen LogP contribution is -2.35. The maximum Gasteiger partial charge on any atom is 0.267 e. The Labute approximate surface area is 127 Å². The van der Waals surface area contributed by atoms with Crippen LogP contribution < -0.4 is 15.5 Å². The molecular formula is C15H19N3O4. The Hall–Kier alpha value is -2.54. The number of pyridine rings is 1. The van der Waals surface area contributed by atoms with Crippen molar-refractivity contribution in [1.82, 2.24) is 15.2 Å². The van der Waals surface area contributed by atoms with Gasteiger partial charge in [0.05, 0.1) is 19.4 Å². The molecule has 0 unspecified atom stereocenters. The van der Waals surface area contributed by atoms with E-state index >= 15 is 0 Å². The highest BCUT2D eigenvalue weighted by molar-refractivity contribution is 5.92. The van der Waals surface area contributed by atoms with E-state index in [0.29, 0.717) is 6.54 Å². The standard InChI is InChI=1S/C15H19N3O4/c1-18(2)11(13-5-4-6-22-13)8-17-15(20)10-7-12(19)14(21-3)9-16-10/h4-7,9,11H,8H2,1-3H3,(H,16,19)(H,17,20)/t11-/m0/s1. The van der Waals surface area contributed by atoms with Crippen LogP contribution in [0, 0.1) is 0 Å². The largest absolute Gasteiger partial charge is 0.491 e. The predicted molar refractivity (Wildman–Crippen MR) is 81.1 cm³/mol. The SMILES string of the molecule is COc1c[nH]c(C(=O)NC[C@@H](c2ccco2)N(C)C)cc1=O. The van der Waals surface area contributed by atoms with Gasteiger partial charge in [0.15, 0.2) is 5.75 Å². The van der Waals surface area contributed by atoms with E-state index in [1.165, 1.54) is 19.4 Å². The lowest BCUT2D eigenvalue weighted by molar-refractivity contribution is 0.0934. The number of nitrogens with one attached hydrogen (secondary N) is 2. The quantitative estimate of drug-likeness (QED) is 0.831. The van der Waals surface area contributed by atoms with Gasteiger partial charge in [-0.2, -0.15) is 0 Å². The molecule has 0 radical (unpaired) electrons. The minimum Gasteiger partial charge on any atom is -0.491 e.